The molecule has 2 unspecified atom stereocenters. The van der Waals surface area contributed by atoms with E-state index in [1.807, 2.05) is 17.9 Å². The molecular weight excluding hydrogens is 250 g/mol. The molecule has 0 spiro atoms. The number of piperazine rings is 3. The van der Waals surface area contributed by atoms with Crippen LogP contribution >= 0.6 is 0 Å². The largest absolute Gasteiger partial charge is 0.312 e. The molecule has 2 bridgehead atoms. The summed E-state index contributed by atoms with van der Waals surface area (Å²) in [5.74, 6) is 0. The lowest BCUT2D eigenvalue weighted by molar-refractivity contribution is -0.00324. The van der Waals surface area contributed by atoms with Gasteiger partial charge in [-0.15, -0.1) is 0 Å². The molecule has 0 radical (unpaired) electrons. The van der Waals surface area contributed by atoms with E-state index in [1.165, 1.54) is 44.8 Å². The minimum atomic E-state index is 0.521. The summed E-state index contributed by atoms with van der Waals surface area (Å²) in [5, 5.41) is 8.32. The van der Waals surface area contributed by atoms with Crippen molar-refractivity contribution < 1.29 is 0 Å². The zero-order valence-electron chi connectivity index (χ0n) is 12.8. The number of fused-ring (bicyclic) bond motifs is 3. The Labute approximate surface area is 121 Å². The Morgan fingerprint density at radius 2 is 2.15 bits per heavy atom. The third-order valence-corrected chi connectivity index (χ3v) is 4.64. The maximum absolute atomic E-state index is 4.56. The van der Waals surface area contributed by atoms with Gasteiger partial charge in [0.2, 0.25) is 0 Å². The van der Waals surface area contributed by atoms with Gasteiger partial charge in [-0.05, 0) is 19.0 Å². The second-order valence-electron chi connectivity index (χ2n) is 6.15. The van der Waals surface area contributed by atoms with Crippen molar-refractivity contribution in [1.29, 1.82) is 0 Å². The Kier molecular flexibility index (Phi) is 4.38. The van der Waals surface area contributed by atoms with E-state index in [0.717, 1.165) is 13.0 Å². The maximum atomic E-state index is 4.56. The molecule has 4 rings (SSSR count). The zero-order valence-corrected chi connectivity index (χ0v) is 12.8. The number of rotatable bonds is 6. The average Bonchev–Trinajstić information content (AvgIpc) is 2.90. The van der Waals surface area contributed by atoms with Crippen LogP contribution in [-0.4, -0.2) is 70.9 Å². The smallest absolute Gasteiger partial charge is 0.0640 e. The van der Waals surface area contributed by atoms with E-state index in [-0.39, 0.29) is 0 Å². The number of nitrogens with one attached hydrogen (secondary N) is 1. The maximum Gasteiger partial charge on any atom is 0.0640 e. The number of aromatic nitrogens is 2. The predicted octanol–water partition coefficient (Wildman–Crippen LogP) is 0.331. The van der Waals surface area contributed by atoms with Crippen LogP contribution < -0.4 is 5.32 Å². The van der Waals surface area contributed by atoms with Crippen molar-refractivity contribution in [2.75, 3.05) is 39.3 Å². The molecule has 1 aromatic rings. The second-order valence-corrected chi connectivity index (χ2v) is 6.15. The third-order valence-electron chi connectivity index (χ3n) is 4.64. The molecule has 0 aromatic carbocycles. The summed E-state index contributed by atoms with van der Waals surface area (Å²) in [4.78, 5) is 5.29. The van der Waals surface area contributed by atoms with Crippen LogP contribution in [0, 0.1) is 0 Å². The van der Waals surface area contributed by atoms with Gasteiger partial charge in [-0.25, -0.2) is 0 Å². The number of hydrogen-bond donors (Lipinski definition) is 1. The minimum Gasteiger partial charge on any atom is -0.312 e. The van der Waals surface area contributed by atoms with E-state index in [9.17, 15) is 0 Å². The topological polar surface area (TPSA) is 36.3 Å². The Hall–Kier alpha value is -0.910. The van der Waals surface area contributed by atoms with Crippen LogP contribution in [-0.2, 0) is 13.5 Å². The van der Waals surface area contributed by atoms with Gasteiger partial charge in [-0.2, -0.15) is 5.10 Å². The summed E-state index contributed by atoms with van der Waals surface area (Å²) in [6, 6.07) is 3.32. The van der Waals surface area contributed by atoms with Crippen LogP contribution in [0.3, 0.4) is 0 Å². The molecule has 3 fully saturated rings. The molecule has 3 saturated heterocycles. The molecule has 112 valence electrons. The molecule has 3 aliphatic rings. The molecular formula is C15H27N5. The number of hydrogen-bond acceptors (Lipinski definition) is 4. The van der Waals surface area contributed by atoms with Gasteiger partial charge in [0.15, 0.2) is 0 Å². The van der Waals surface area contributed by atoms with Crippen molar-refractivity contribution >= 4 is 0 Å². The van der Waals surface area contributed by atoms with Gasteiger partial charge in [-0.3, -0.25) is 14.5 Å². The molecule has 2 atom stereocenters. The first-order valence-electron chi connectivity index (χ1n) is 7.94. The van der Waals surface area contributed by atoms with Gasteiger partial charge in [0, 0.05) is 64.5 Å². The first-order chi connectivity index (χ1) is 9.76. The van der Waals surface area contributed by atoms with Crippen LogP contribution in [0.25, 0.3) is 0 Å². The van der Waals surface area contributed by atoms with E-state index < -0.39 is 0 Å². The van der Waals surface area contributed by atoms with Gasteiger partial charge >= 0.3 is 0 Å². The highest BCUT2D eigenvalue weighted by molar-refractivity contribution is 5.05. The van der Waals surface area contributed by atoms with Crippen LogP contribution in [0.4, 0.5) is 0 Å². The van der Waals surface area contributed by atoms with Gasteiger partial charge < -0.3 is 5.32 Å². The van der Waals surface area contributed by atoms with Gasteiger partial charge in [0.25, 0.3) is 0 Å². The molecule has 0 aliphatic carbocycles. The molecule has 1 N–H and O–H groups in total. The Balaban J connectivity index is 1.68. The van der Waals surface area contributed by atoms with E-state index in [0.29, 0.717) is 12.1 Å². The van der Waals surface area contributed by atoms with Crippen LogP contribution in [0.15, 0.2) is 12.3 Å². The van der Waals surface area contributed by atoms with E-state index in [2.05, 4.69) is 33.2 Å². The first-order valence-corrected chi connectivity index (χ1v) is 7.94. The van der Waals surface area contributed by atoms with Crippen molar-refractivity contribution in [1.82, 2.24) is 24.9 Å². The fraction of sp³-hybridized carbons (Fsp3) is 0.800. The summed E-state index contributed by atoms with van der Waals surface area (Å²) < 4.78 is 1.91. The van der Waals surface area contributed by atoms with E-state index in [4.69, 9.17) is 0 Å². The normalized spacial score (nSPS) is 30.6. The Bertz CT molecular complexity index is 422. The molecule has 0 saturated carbocycles. The Morgan fingerprint density at radius 1 is 1.35 bits per heavy atom. The lowest BCUT2D eigenvalue weighted by atomic mass is 9.96. The molecule has 4 heterocycles. The first kappa shape index (κ1) is 14.0. The molecule has 0 amide bonds. The minimum absolute atomic E-state index is 0.521. The van der Waals surface area contributed by atoms with Crippen molar-refractivity contribution in [3.8, 4) is 0 Å². The summed E-state index contributed by atoms with van der Waals surface area (Å²) in [7, 11) is 2.00. The highest BCUT2D eigenvalue weighted by Crippen LogP contribution is 2.20. The molecule has 5 nitrogen and oxygen atoms in total. The fourth-order valence-corrected chi connectivity index (χ4v) is 3.51. The van der Waals surface area contributed by atoms with Crippen molar-refractivity contribution in [3.63, 3.8) is 0 Å². The lowest BCUT2D eigenvalue weighted by Crippen LogP contribution is -2.66. The van der Waals surface area contributed by atoms with E-state index >= 15 is 0 Å². The molecule has 20 heavy (non-hydrogen) atoms. The van der Waals surface area contributed by atoms with Crippen molar-refractivity contribution in [2.24, 2.45) is 7.05 Å². The van der Waals surface area contributed by atoms with Gasteiger partial charge in [0.05, 0.1) is 5.69 Å². The van der Waals surface area contributed by atoms with E-state index in [1.54, 1.807) is 0 Å². The fourth-order valence-electron chi connectivity index (χ4n) is 3.51. The number of aryl methyl sites for hydroxylation is 1. The second kappa shape index (κ2) is 6.24. The molecule has 5 heteroatoms. The Morgan fingerprint density at radius 3 is 2.70 bits per heavy atom. The van der Waals surface area contributed by atoms with Gasteiger partial charge in [0.1, 0.15) is 0 Å². The summed E-state index contributed by atoms with van der Waals surface area (Å²) in [6.07, 6.45) is 4.27. The predicted molar refractivity (Wildman–Crippen MR) is 80.8 cm³/mol. The van der Waals surface area contributed by atoms with Crippen molar-refractivity contribution in [2.45, 2.75) is 31.8 Å². The summed E-state index contributed by atoms with van der Waals surface area (Å²) in [5.41, 5.74) is 1.21. The summed E-state index contributed by atoms with van der Waals surface area (Å²) >= 11 is 0. The quantitative estimate of drug-likeness (QED) is 0.813. The van der Waals surface area contributed by atoms with Gasteiger partial charge in [-0.1, -0.05) is 6.92 Å². The molecule has 1 aromatic heterocycles. The van der Waals surface area contributed by atoms with Crippen LogP contribution in [0.1, 0.15) is 19.0 Å². The monoisotopic (exact) mass is 277 g/mol. The highest BCUT2D eigenvalue weighted by atomic mass is 15.4. The average molecular weight is 277 g/mol. The van der Waals surface area contributed by atoms with Crippen LogP contribution in [0.2, 0.25) is 0 Å². The SMILES string of the molecule is CCCNC(Cc1ccn(C)n1)C1CN2CCN1CC2. The zero-order chi connectivity index (χ0) is 13.9. The number of nitrogens with zero attached hydrogens (tertiary/aromatic N) is 4. The standard InChI is InChI=1S/C15H27N5/c1-3-5-16-14(11-13-4-6-18(2)17-13)15-12-19-7-9-20(15)10-8-19/h4,6,14-16H,3,5,7-12H2,1-2H3. The van der Waals surface area contributed by atoms with Crippen molar-refractivity contribution in [3.05, 3.63) is 18.0 Å². The lowest BCUT2D eigenvalue weighted by Gasteiger charge is -2.50. The summed E-state index contributed by atoms with van der Waals surface area (Å²) in [6.45, 7) is 9.52. The molecule has 3 aliphatic heterocycles. The third kappa shape index (κ3) is 3.05. The van der Waals surface area contributed by atoms with Crippen LogP contribution in [0.5, 0.6) is 0 Å². The highest BCUT2D eigenvalue weighted by Gasteiger charge is 2.36.